The van der Waals surface area contributed by atoms with E-state index in [4.69, 9.17) is 9.47 Å². The quantitative estimate of drug-likeness (QED) is 0.424. The number of rotatable bonds is 4. The molecule has 0 aromatic carbocycles. The Labute approximate surface area is 113 Å². The van der Waals surface area contributed by atoms with Crippen LogP contribution in [0.4, 0.5) is 13.2 Å². The van der Waals surface area contributed by atoms with E-state index in [0.717, 1.165) is 7.11 Å². The van der Waals surface area contributed by atoms with Crippen molar-refractivity contribution in [3.05, 3.63) is 0 Å². The molecule has 0 radical (unpaired) electrons. The van der Waals surface area contributed by atoms with Crippen molar-refractivity contribution in [3.63, 3.8) is 0 Å². The Kier molecular flexibility index (Phi) is 4.69. The predicted molar refractivity (Wildman–Crippen MR) is 56.8 cm³/mol. The Hall–Kier alpha value is -0.910. The van der Waals surface area contributed by atoms with Crippen LogP contribution >= 0.6 is 0 Å². The Morgan fingerprint density at radius 2 is 1.95 bits per heavy atom. The summed E-state index contributed by atoms with van der Waals surface area (Å²) in [7, 11) is -5.09. The van der Waals surface area contributed by atoms with Crippen molar-refractivity contribution in [2.45, 2.75) is 37.4 Å². The first-order valence-corrected chi connectivity index (χ1v) is 6.69. The lowest BCUT2D eigenvalue weighted by Gasteiger charge is -2.22. The zero-order valence-electron chi connectivity index (χ0n) is 10.8. The molecular formula is C9H13F3O7S. The maximum Gasteiger partial charge on any atom is 0.523 e. The van der Waals surface area contributed by atoms with Gasteiger partial charge >= 0.3 is 21.6 Å². The van der Waals surface area contributed by atoms with Gasteiger partial charge in [0.05, 0.1) is 13.7 Å². The number of carbonyl (C=O) groups is 1. The van der Waals surface area contributed by atoms with E-state index < -0.39 is 39.6 Å². The lowest BCUT2D eigenvalue weighted by molar-refractivity contribution is -0.168. The van der Waals surface area contributed by atoms with Crippen LogP contribution in [-0.4, -0.2) is 51.6 Å². The molecule has 1 heterocycles. The van der Waals surface area contributed by atoms with Crippen LogP contribution in [0.2, 0.25) is 0 Å². The number of esters is 1. The molecule has 0 aliphatic carbocycles. The third-order valence-corrected chi connectivity index (χ3v) is 3.34. The summed E-state index contributed by atoms with van der Waals surface area (Å²) in [5.74, 6) is -2.49. The summed E-state index contributed by atoms with van der Waals surface area (Å²) >= 11 is 0. The van der Waals surface area contributed by atoms with Crippen LogP contribution < -0.4 is 0 Å². The summed E-state index contributed by atoms with van der Waals surface area (Å²) in [6.45, 7) is 2.57. The molecule has 0 N–H and O–H groups in total. The van der Waals surface area contributed by atoms with Gasteiger partial charge in [0.15, 0.2) is 5.79 Å². The average molecular weight is 322 g/mol. The molecule has 118 valence electrons. The van der Waals surface area contributed by atoms with Crippen molar-refractivity contribution in [1.29, 1.82) is 0 Å². The Morgan fingerprint density at radius 1 is 1.40 bits per heavy atom. The molecule has 0 aromatic heterocycles. The molecule has 0 aromatic rings. The van der Waals surface area contributed by atoms with E-state index in [1.807, 2.05) is 0 Å². The van der Waals surface area contributed by atoms with Gasteiger partial charge in [0.25, 0.3) is 0 Å². The highest BCUT2D eigenvalue weighted by atomic mass is 32.2. The van der Waals surface area contributed by atoms with Crippen molar-refractivity contribution in [2.75, 3.05) is 13.7 Å². The van der Waals surface area contributed by atoms with Gasteiger partial charge in [0, 0.05) is 0 Å². The maximum absolute atomic E-state index is 12.3. The van der Waals surface area contributed by atoms with E-state index in [0.29, 0.717) is 0 Å². The Bertz CT molecular complexity index is 470. The van der Waals surface area contributed by atoms with E-state index >= 15 is 0 Å². The van der Waals surface area contributed by atoms with Gasteiger partial charge < -0.3 is 14.2 Å². The summed E-state index contributed by atoms with van der Waals surface area (Å²) in [5.41, 5.74) is -5.66. The van der Waals surface area contributed by atoms with Crippen molar-refractivity contribution in [3.8, 4) is 0 Å². The zero-order chi connectivity index (χ0) is 15.8. The topological polar surface area (TPSA) is 88.1 Å². The third-order valence-electron chi connectivity index (χ3n) is 2.32. The first-order valence-electron chi connectivity index (χ1n) is 5.29. The zero-order valence-corrected chi connectivity index (χ0v) is 11.6. The van der Waals surface area contributed by atoms with Gasteiger partial charge in [-0.25, -0.2) is 8.98 Å². The minimum Gasteiger partial charge on any atom is -0.467 e. The number of alkyl halides is 3. The van der Waals surface area contributed by atoms with Crippen LogP contribution in [0.25, 0.3) is 0 Å². The SMILES string of the molecule is COC(=O)[C@H](OS(=O)(=O)C(F)(F)F)[C@@H]1COC(C)(C)O1. The highest BCUT2D eigenvalue weighted by Gasteiger charge is 2.52. The number of carbonyl (C=O) groups excluding carboxylic acids is 1. The molecule has 7 nitrogen and oxygen atoms in total. The molecule has 1 fully saturated rings. The predicted octanol–water partition coefficient (Wildman–Crippen LogP) is 0.546. The molecule has 0 bridgehead atoms. The Balaban J connectivity index is 2.96. The normalized spacial score (nSPS) is 24.4. The largest absolute Gasteiger partial charge is 0.523 e. The van der Waals surface area contributed by atoms with E-state index in [-0.39, 0.29) is 6.61 Å². The van der Waals surface area contributed by atoms with Gasteiger partial charge in [-0.1, -0.05) is 0 Å². The van der Waals surface area contributed by atoms with Crippen LogP contribution in [0, 0.1) is 0 Å². The molecule has 0 unspecified atom stereocenters. The number of methoxy groups -OCH3 is 1. The highest BCUT2D eigenvalue weighted by Crippen LogP contribution is 2.30. The molecule has 1 saturated heterocycles. The fraction of sp³-hybridized carbons (Fsp3) is 0.889. The van der Waals surface area contributed by atoms with Gasteiger partial charge in [-0.05, 0) is 13.8 Å². The Morgan fingerprint density at radius 3 is 2.30 bits per heavy atom. The third kappa shape index (κ3) is 3.81. The first kappa shape index (κ1) is 17.1. The number of halogens is 3. The molecule has 11 heteroatoms. The molecule has 0 spiro atoms. The van der Waals surface area contributed by atoms with Crippen molar-refractivity contribution in [1.82, 2.24) is 0 Å². The van der Waals surface area contributed by atoms with Crippen molar-refractivity contribution < 1.29 is 44.8 Å². The first-order chi connectivity index (χ1) is 8.89. The fourth-order valence-corrected chi connectivity index (χ4v) is 2.01. The number of hydrogen-bond acceptors (Lipinski definition) is 7. The van der Waals surface area contributed by atoms with Gasteiger partial charge in [0.1, 0.15) is 6.10 Å². The molecule has 0 saturated carbocycles. The molecule has 1 rings (SSSR count). The molecule has 2 atom stereocenters. The van der Waals surface area contributed by atoms with Gasteiger partial charge in [0.2, 0.25) is 6.10 Å². The molecule has 1 aliphatic rings. The van der Waals surface area contributed by atoms with E-state index in [1.54, 1.807) is 0 Å². The van der Waals surface area contributed by atoms with Crippen LogP contribution in [0.1, 0.15) is 13.8 Å². The van der Waals surface area contributed by atoms with Crippen LogP contribution in [0.15, 0.2) is 0 Å². The summed E-state index contributed by atoms with van der Waals surface area (Å²) in [5, 5.41) is 0. The number of hydrogen-bond donors (Lipinski definition) is 0. The second-order valence-corrected chi connectivity index (χ2v) is 5.87. The van der Waals surface area contributed by atoms with Gasteiger partial charge in [-0.15, -0.1) is 0 Å². The fourth-order valence-electron chi connectivity index (χ4n) is 1.42. The summed E-state index contributed by atoms with van der Waals surface area (Å²) in [4.78, 5) is 11.4. The monoisotopic (exact) mass is 322 g/mol. The van der Waals surface area contributed by atoms with Crippen LogP contribution in [-0.2, 0) is 33.3 Å². The average Bonchev–Trinajstić information content (AvgIpc) is 2.64. The van der Waals surface area contributed by atoms with Crippen LogP contribution in [0.3, 0.4) is 0 Å². The molecule has 20 heavy (non-hydrogen) atoms. The summed E-state index contributed by atoms with van der Waals surface area (Å²) in [6.07, 6.45) is -3.44. The van der Waals surface area contributed by atoms with Gasteiger partial charge in [-0.3, -0.25) is 0 Å². The molecule has 1 aliphatic heterocycles. The lowest BCUT2D eigenvalue weighted by Crippen LogP contribution is -2.43. The minimum atomic E-state index is -5.96. The van der Waals surface area contributed by atoms with Crippen molar-refractivity contribution >= 4 is 16.1 Å². The van der Waals surface area contributed by atoms with E-state index in [1.165, 1.54) is 13.8 Å². The second kappa shape index (κ2) is 5.47. The molecule has 0 amide bonds. The summed E-state index contributed by atoms with van der Waals surface area (Å²) in [6, 6.07) is 0. The van der Waals surface area contributed by atoms with Crippen LogP contribution in [0.5, 0.6) is 0 Å². The standard InChI is InChI=1S/C9H13F3O7S/c1-8(2)17-4-5(18-8)6(7(13)16-3)19-20(14,15)9(10,11)12/h5-6H,4H2,1-3H3/t5-,6+/m0/s1. The van der Waals surface area contributed by atoms with E-state index in [2.05, 4.69) is 8.92 Å². The van der Waals surface area contributed by atoms with Crippen molar-refractivity contribution in [2.24, 2.45) is 0 Å². The highest BCUT2D eigenvalue weighted by molar-refractivity contribution is 7.87. The lowest BCUT2D eigenvalue weighted by atomic mass is 10.2. The second-order valence-electron chi connectivity index (χ2n) is 4.31. The summed E-state index contributed by atoms with van der Waals surface area (Å²) < 4.78 is 77.0. The maximum atomic E-state index is 12.3. The van der Waals surface area contributed by atoms with E-state index in [9.17, 15) is 26.4 Å². The smallest absolute Gasteiger partial charge is 0.467 e. The van der Waals surface area contributed by atoms with Gasteiger partial charge in [-0.2, -0.15) is 21.6 Å². The molecular weight excluding hydrogens is 309 g/mol. The minimum absolute atomic E-state index is 0.319. The number of ether oxygens (including phenoxy) is 3.